The molecule has 7 nitrogen and oxygen atoms in total. The lowest BCUT2D eigenvalue weighted by atomic mass is 9.72. The van der Waals surface area contributed by atoms with E-state index in [0.29, 0.717) is 29.8 Å². The monoisotopic (exact) mass is 469 g/mol. The van der Waals surface area contributed by atoms with Gasteiger partial charge in [-0.3, -0.25) is 9.79 Å². The summed E-state index contributed by atoms with van der Waals surface area (Å²) < 4.78 is 6.21. The number of aliphatic imine (C=N–C) groups is 1. The number of amides is 1. The highest BCUT2D eigenvalue weighted by Crippen LogP contribution is 2.46. The molecule has 180 valence electrons. The number of fused-ring (bicyclic) bond motifs is 1. The minimum absolute atomic E-state index is 0.194. The van der Waals surface area contributed by atoms with Crippen molar-refractivity contribution in [3.8, 4) is 0 Å². The van der Waals surface area contributed by atoms with Gasteiger partial charge in [-0.2, -0.15) is 5.10 Å². The van der Waals surface area contributed by atoms with E-state index in [1.54, 1.807) is 13.1 Å². The van der Waals surface area contributed by atoms with E-state index in [0.717, 1.165) is 24.0 Å². The van der Waals surface area contributed by atoms with Crippen molar-refractivity contribution in [2.24, 2.45) is 21.7 Å². The van der Waals surface area contributed by atoms with Gasteiger partial charge in [0, 0.05) is 18.7 Å². The summed E-state index contributed by atoms with van der Waals surface area (Å²) >= 11 is 0. The molecular weight excluding hydrogens is 438 g/mol. The zero-order valence-corrected chi connectivity index (χ0v) is 20.0. The summed E-state index contributed by atoms with van der Waals surface area (Å²) in [4.78, 5) is 17.7. The van der Waals surface area contributed by atoms with Crippen LogP contribution in [0, 0.1) is 5.92 Å². The Bertz CT molecular complexity index is 1210. The maximum absolute atomic E-state index is 12.6. The van der Waals surface area contributed by atoms with Gasteiger partial charge < -0.3 is 15.8 Å². The van der Waals surface area contributed by atoms with Gasteiger partial charge in [-0.15, -0.1) is 0 Å². The number of carbonyl (C=O) groups excluding carboxylic acids is 1. The maximum Gasteiger partial charge on any atom is 0.271 e. The van der Waals surface area contributed by atoms with Gasteiger partial charge >= 0.3 is 0 Å². The Hall–Kier alpha value is -3.45. The van der Waals surface area contributed by atoms with Gasteiger partial charge in [0.05, 0.1) is 6.61 Å². The van der Waals surface area contributed by atoms with Crippen molar-refractivity contribution in [2.75, 3.05) is 13.7 Å². The number of rotatable bonds is 7. The Kier molecular flexibility index (Phi) is 5.44. The van der Waals surface area contributed by atoms with Crippen LogP contribution < -0.4 is 11.1 Å². The number of benzene rings is 2. The second kappa shape index (κ2) is 8.64. The Balaban J connectivity index is 1.40. The number of nitrogens with one attached hydrogen (secondary N) is 1. The molecule has 0 spiro atoms. The van der Waals surface area contributed by atoms with Crippen LogP contribution in [-0.2, 0) is 15.1 Å². The van der Waals surface area contributed by atoms with Crippen LogP contribution in [0.15, 0.2) is 76.5 Å². The van der Waals surface area contributed by atoms with Crippen LogP contribution in [0.5, 0.6) is 0 Å². The molecule has 2 fully saturated rings. The van der Waals surface area contributed by atoms with Crippen molar-refractivity contribution < 1.29 is 9.53 Å². The average molecular weight is 470 g/mol. The SMILES string of the molecule is CNC(=O)C1=NN2C(=NC(c3ccc(C4(N)CCC4)cc3)C2c2ccccc2)C(OCC2CC2)=C1. The number of hydrazone groups is 1. The number of nitrogens with two attached hydrogens (primary N) is 1. The Morgan fingerprint density at radius 1 is 1.11 bits per heavy atom. The molecule has 2 heterocycles. The van der Waals surface area contributed by atoms with Crippen molar-refractivity contribution in [1.29, 1.82) is 0 Å². The molecule has 0 radical (unpaired) electrons. The van der Waals surface area contributed by atoms with E-state index in [4.69, 9.17) is 20.6 Å². The summed E-state index contributed by atoms with van der Waals surface area (Å²) in [5.41, 5.74) is 10.0. The van der Waals surface area contributed by atoms with Gasteiger partial charge in [0.2, 0.25) is 0 Å². The summed E-state index contributed by atoms with van der Waals surface area (Å²) in [5.74, 6) is 1.62. The molecular formula is C28H31N5O2. The fourth-order valence-corrected chi connectivity index (χ4v) is 5.07. The van der Waals surface area contributed by atoms with Crippen molar-refractivity contribution in [2.45, 2.75) is 49.7 Å². The first-order valence-electron chi connectivity index (χ1n) is 12.5. The molecule has 2 aliphatic carbocycles. The third-order valence-electron chi connectivity index (χ3n) is 7.59. The van der Waals surface area contributed by atoms with Gasteiger partial charge in [-0.05, 0) is 54.7 Å². The number of carbonyl (C=O) groups is 1. The molecule has 0 aromatic heterocycles. The number of ether oxygens (including phenoxy) is 1. The molecule has 2 atom stereocenters. The lowest BCUT2D eigenvalue weighted by Crippen LogP contribution is -2.43. The second-order valence-electron chi connectivity index (χ2n) is 10.1. The molecule has 2 aliphatic heterocycles. The molecule has 3 N–H and O–H groups in total. The van der Waals surface area contributed by atoms with Gasteiger partial charge in [0.1, 0.15) is 12.1 Å². The minimum atomic E-state index is -0.245. The van der Waals surface area contributed by atoms with Crippen molar-refractivity contribution in [3.05, 3.63) is 83.1 Å². The second-order valence-corrected chi connectivity index (χ2v) is 10.1. The topological polar surface area (TPSA) is 92.3 Å². The Morgan fingerprint density at radius 3 is 2.49 bits per heavy atom. The summed E-state index contributed by atoms with van der Waals surface area (Å²) in [7, 11) is 1.61. The van der Waals surface area contributed by atoms with Crippen molar-refractivity contribution in [3.63, 3.8) is 0 Å². The van der Waals surface area contributed by atoms with E-state index in [-0.39, 0.29) is 23.5 Å². The standard InChI is InChI=1S/C28H31N5O2/c1-30-27(34)22-16-23(35-17-18-8-9-18)26-31-24(25(33(26)32-22)20-6-3-2-4-7-20)19-10-12-21(13-11-19)28(29)14-5-15-28/h2-4,6-7,10-13,16,18,24-25H,5,8-9,14-15,17,29H2,1H3,(H,30,34). The molecule has 6 rings (SSSR count). The Morgan fingerprint density at radius 2 is 1.86 bits per heavy atom. The average Bonchev–Trinajstić information content (AvgIpc) is 3.63. The number of hydrogen-bond donors (Lipinski definition) is 2. The number of amidine groups is 1. The van der Waals surface area contributed by atoms with Gasteiger partial charge in [0.25, 0.3) is 5.91 Å². The highest BCUT2D eigenvalue weighted by atomic mass is 16.5. The molecule has 2 aromatic rings. The first-order valence-corrected chi connectivity index (χ1v) is 12.5. The van der Waals surface area contributed by atoms with Crippen LogP contribution >= 0.6 is 0 Å². The van der Waals surface area contributed by atoms with Crippen LogP contribution in [0.3, 0.4) is 0 Å². The maximum atomic E-state index is 12.6. The van der Waals surface area contributed by atoms with E-state index in [9.17, 15) is 4.79 Å². The number of nitrogens with zero attached hydrogens (tertiary/aromatic N) is 3. The van der Waals surface area contributed by atoms with Crippen molar-refractivity contribution in [1.82, 2.24) is 10.3 Å². The normalized spacial score (nSPS) is 24.5. The zero-order valence-electron chi connectivity index (χ0n) is 20.0. The van der Waals surface area contributed by atoms with Crippen LogP contribution in [0.2, 0.25) is 0 Å². The lowest BCUT2D eigenvalue weighted by molar-refractivity contribution is -0.114. The predicted octanol–water partition coefficient (Wildman–Crippen LogP) is 3.95. The fraction of sp³-hybridized carbons (Fsp3) is 0.393. The van der Waals surface area contributed by atoms with Crippen LogP contribution in [-0.4, -0.2) is 36.1 Å². The molecule has 35 heavy (non-hydrogen) atoms. The third-order valence-corrected chi connectivity index (χ3v) is 7.59. The highest BCUT2D eigenvalue weighted by molar-refractivity contribution is 6.44. The largest absolute Gasteiger partial charge is 0.489 e. The first-order chi connectivity index (χ1) is 17.1. The minimum Gasteiger partial charge on any atom is -0.489 e. The third kappa shape index (κ3) is 4.04. The van der Waals surface area contributed by atoms with E-state index in [2.05, 4.69) is 41.7 Å². The highest BCUT2D eigenvalue weighted by Gasteiger charge is 2.43. The van der Waals surface area contributed by atoms with Crippen LogP contribution in [0.25, 0.3) is 0 Å². The molecule has 0 saturated heterocycles. The quantitative estimate of drug-likeness (QED) is 0.642. The summed E-state index contributed by atoms with van der Waals surface area (Å²) in [6.07, 6.45) is 7.33. The molecule has 2 unspecified atom stereocenters. The molecule has 4 aliphatic rings. The van der Waals surface area contributed by atoms with E-state index < -0.39 is 0 Å². The smallest absolute Gasteiger partial charge is 0.271 e. The van der Waals surface area contributed by atoms with E-state index in [1.807, 2.05) is 23.2 Å². The Labute approximate surface area is 205 Å². The van der Waals surface area contributed by atoms with Gasteiger partial charge in [0.15, 0.2) is 17.3 Å². The van der Waals surface area contributed by atoms with E-state index >= 15 is 0 Å². The lowest BCUT2D eigenvalue weighted by Gasteiger charge is -2.38. The first kappa shape index (κ1) is 22.0. The molecule has 0 bridgehead atoms. The van der Waals surface area contributed by atoms with Crippen LogP contribution in [0.4, 0.5) is 0 Å². The molecule has 2 saturated carbocycles. The molecule has 7 heteroatoms. The van der Waals surface area contributed by atoms with Gasteiger partial charge in [-0.25, -0.2) is 5.01 Å². The van der Waals surface area contributed by atoms with Crippen LogP contribution in [0.1, 0.15) is 60.9 Å². The zero-order chi connectivity index (χ0) is 24.0. The summed E-state index contributed by atoms with van der Waals surface area (Å²) in [6, 6.07) is 18.4. The fourth-order valence-electron chi connectivity index (χ4n) is 5.07. The van der Waals surface area contributed by atoms with Gasteiger partial charge in [-0.1, -0.05) is 54.6 Å². The molecule has 1 amide bonds. The molecule has 2 aromatic carbocycles. The number of hydrogen-bond acceptors (Lipinski definition) is 6. The van der Waals surface area contributed by atoms with E-state index in [1.165, 1.54) is 24.8 Å². The predicted molar refractivity (Wildman–Crippen MR) is 136 cm³/mol. The van der Waals surface area contributed by atoms with Crippen molar-refractivity contribution >= 4 is 17.5 Å². The summed E-state index contributed by atoms with van der Waals surface area (Å²) in [6.45, 7) is 0.633. The summed E-state index contributed by atoms with van der Waals surface area (Å²) in [5, 5.41) is 9.32.